The minimum absolute atomic E-state index is 0.0335. The first-order valence-corrected chi connectivity index (χ1v) is 5.96. The predicted octanol–water partition coefficient (Wildman–Crippen LogP) is 2.55. The summed E-state index contributed by atoms with van der Waals surface area (Å²) in [5.41, 5.74) is 2.20. The monoisotopic (exact) mass is 250 g/mol. The smallest absolute Gasteiger partial charge is 0.311 e. The molecule has 0 bridgehead atoms. The van der Waals surface area contributed by atoms with E-state index in [4.69, 9.17) is 9.47 Å². The van der Waals surface area contributed by atoms with Crippen LogP contribution in [0.3, 0.4) is 0 Å². The molecule has 98 valence electrons. The molecule has 0 radical (unpaired) electrons. The van der Waals surface area contributed by atoms with Crippen LogP contribution in [0.25, 0.3) is 0 Å². The fourth-order valence-electron chi connectivity index (χ4n) is 1.40. The van der Waals surface area contributed by atoms with Gasteiger partial charge in [0, 0.05) is 0 Å². The third-order valence-corrected chi connectivity index (χ3v) is 2.55. The Morgan fingerprint density at radius 1 is 1.06 bits per heavy atom. The van der Waals surface area contributed by atoms with E-state index in [0.717, 1.165) is 11.1 Å². The molecule has 0 aliphatic carbocycles. The fraction of sp³-hybridized carbons (Fsp3) is 0.429. The Kier molecular flexibility index (Phi) is 5.36. The molecule has 4 nitrogen and oxygen atoms in total. The molecule has 0 amide bonds. The molecule has 0 aliphatic rings. The number of rotatable bonds is 5. The topological polar surface area (TPSA) is 52.6 Å². The summed E-state index contributed by atoms with van der Waals surface area (Å²) in [5, 5.41) is 0. The number of esters is 2. The quantitative estimate of drug-likeness (QED) is 0.595. The SMILES string of the molecule is CCOC(=O)CCC(=O)Oc1ccc(C)c(C)c1. The van der Waals surface area contributed by atoms with Crippen molar-refractivity contribution in [2.75, 3.05) is 6.61 Å². The summed E-state index contributed by atoms with van der Waals surface area (Å²) in [5.74, 6) is -0.298. The average molecular weight is 250 g/mol. The zero-order valence-corrected chi connectivity index (χ0v) is 11.0. The van der Waals surface area contributed by atoms with E-state index in [2.05, 4.69) is 0 Å². The number of aryl methyl sites for hydroxylation is 2. The van der Waals surface area contributed by atoms with Gasteiger partial charge in [0.05, 0.1) is 19.4 Å². The van der Waals surface area contributed by atoms with E-state index < -0.39 is 5.97 Å². The van der Waals surface area contributed by atoms with Gasteiger partial charge in [0.2, 0.25) is 0 Å². The highest BCUT2D eigenvalue weighted by molar-refractivity contribution is 5.79. The molecule has 0 aliphatic heterocycles. The highest BCUT2D eigenvalue weighted by Gasteiger charge is 2.09. The molecule has 0 heterocycles. The molecule has 18 heavy (non-hydrogen) atoms. The summed E-state index contributed by atoms with van der Waals surface area (Å²) in [6.45, 7) is 5.99. The van der Waals surface area contributed by atoms with Crippen molar-refractivity contribution >= 4 is 11.9 Å². The molecule has 0 saturated heterocycles. The predicted molar refractivity (Wildman–Crippen MR) is 67.4 cm³/mol. The number of carbonyl (C=O) groups excluding carboxylic acids is 2. The molecule has 4 heteroatoms. The first kappa shape index (κ1) is 14.2. The summed E-state index contributed by atoms with van der Waals surface area (Å²) in [6, 6.07) is 5.44. The van der Waals surface area contributed by atoms with E-state index in [0.29, 0.717) is 12.4 Å². The maximum Gasteiger partial charge on any atom is 0.311 e. The highest BCUT2D eigenvalue weighted by atomic mass is 16.5. The third-order valence-electron chi connectivity index (χ3n) is 2.55. The molecular weight excluding hydrogens is 232 g/mol. The number of carbonyl (C=O) groups is 2. The number of hydrogen-bond acceptors (Lipinski definition) is 4. The number of benzene rings is 1. The second kappa shape index (κ2) is 6.79. The lowest BCUT2D eigenvalue weighted by Gasteiger charge is -2.06. The van der Waals surface area contributed by atoms with Gasteiger partial charge >= 0.3 is 11.9 Å². The number of hydrogen-bond donors (Lipinski definition) is 0. The fourth-order valence-corrected chi connectivity index (χ4v) is 1.40. The van der Waals surface area contributed by atoms with Crippen LogP contribution in [-0.2, 0) is 14.3 Å². The maximum atomic E-state index is 11.5. The first-order chi connectivity index (χ1) is 8.52. The van der Waals surface area contributed by atoms with Gasteiger partial charge in [-0.2, -0.15) is 0 Å². The Bertz CT molecular complexity index is 437. The lowest BCUT2D eigenvalue weighted by Crippen LogP contribution is -2.12. The van der Waals surface area contributed by atoms with Gasteiger partial charge in [0.25, 0.3) is 0 Å². The van der Waals surface area contributed by atoms with Crippen LogP contribution >= 0.6 is 0 Å². The molecular formula is C14H18O4. The minimum atomic E-state index is -0.425. The summed E-state index contributed by atoms with van der Waals surface area (Å²) in [4.78, 5) is 22.6. The lowest BCUT2D eigenvalue weighted by atomic mass is 10.1. The second-order valence-corrected chi connectivity index (χ2v) is 4.03. The third kappa shape index (κ3) is 4.57. The molecule has 1 aromatic carbocycles. The summed E-state index contributed by atoms with van der Waals surface area (Å²) in [7, 11) is 0. The van der Waals surface area contributed by atoms with Crippen molar-refractivity contribution in [3.8, 4) is 5.75 Å². The Labute approximate surface area is 107 Å². The summed E-state index contributed by atoms with van der Waals surface area (Å²) in [6.07, 6.45) is 0.0866. The average Bonchev–Trinajstić information content (AvgIpc) is 2.32. The van der Waals surface area contributed by atoms with E-state index in [9.17, 15) is 9.59 Å². The van der Waals surface area contributed by atoms with E-state index >= 15 is 0 Å². The van der Waals surface area contributed by atoms with Crippen LogP contribution in [0.15, 0.2) is 18.2 Å². The largest absolute Gasteiger partial charge is 0.466 e. The normalized spacial score (nSPS) is 9.94. The van der Waals surface area contributed by atoms with Crippen LogP contribution < -0.4 is 4.74 Å². The lowest BCUT2D eigenvalue weighted by molar-refractivity contribution is -0.146. The second-order valence-electron chi connectivity index (χ2n) is 4.03. The van der Waals surface area contributed by atoms with Gasteiger partial charge in [-0.15, -0.1) is 0 Å². The first-order valence-electron chi connectivity index (χ1n) is 5.96. The molecule has 0 aromatic heterocycles. The van der Waals surface area contributed by atoms with Crippen LogP contribution in [0.5, 0.6) is 5.75 Å². The zero-order chi connectivity index (χ0) is 13.5. The van der Waals surface area contributed by atoms with E-state index in [1.807, 2.05) is 19.9 Å². The van der Waals surface area contributed by atoms with Gasteiger partial charge in [-0.1, -0.05) is 6.07 Å². The molecule has 1 aromatic rings. The van der Waals surface area contributed by atoms with E-state index in [-0.39, 0.29) is 18.8 Å². The highest BCUT2D eigenvalue weighted by Crippen LogP contribution is 2.17. The molecule has 1 rings (SSSR count). The molecule has 0 fully saturated rings. The van der Waals surface area contributed by atoms with Gasteiger partial charge < -0.3 is 9.47 Å². The number of ether oxygens (including phenoxy) is 2. The maximum absolute atomic E-state index is 11.5. The molecule has 0 spiro atoms. The van der Waals surface area contributed by atoms with Gasteiger partial charge in [0.1, 0.15) is 5.75 Å². The van der Waals surface area contributed by atoms with E-state index in [1.54, 1.807) is 19.1 Å². The van der Waals surface area contributed by atoms with Gasteiger partial charge in [0.15, 0.2) is 0 Å². The Balaban J connectivity index is 2.44. The Morgan fingerprint density at radius 3 is 2.33 bits per heavy atom. The van der Waals surface area contributed by atoms with Crippen molar-refractivity contribution in [2.45, 2.75) is 33.6 Å². The van der Waals surface area contributed by atoms with Crippen molar-refractivity contribution in [3.05, 3.63) is 29.3 Å². The molecule has 0 atom stereocenters. The van der Waals surface area contributed by atoms with E-state index in [1.165, 1.54) is 0 Å². The molecule has 0 N–H and O–H groups in total. The van der Waals surface area contributed by atoms with Crippen LogP contribution in [0, 0.1) is 13.8 Å². The van der Waals surface area contributed by atoms with Crippen LogP contribution in [-0.4, -0.2) is 18.5 Å². The van der Waals surface area contributed by atoms with Crippen molar-refractivity contribution < 1.29 is 19.1 Å². The van der Waals surface area contributed by atoms with Crippen molar-refractivity contribution in [1.82, 2.24) is 0 Å². The standard InChI is InChI=1S/C14H18O4/c1-4-17-13(15)7-8-14(16)18-12-6-5-10(2)11(3)9-12/h5-6,9H,4,7-8H2,1-3H3. The summed E-state index contributed by atoms with van der Waals surface area (Å²) >= 11 is 0. The molecule has 0 saturated carbocycles. The Hall–Kier alpha value is -1.84. The van der Waals surface area contributed by atoms with Crippen molar-refractivity contribution in [2.24, 2.45) is 0 Å². The minimum Gasteiger partial charge on any atom is -0.466 e. The van der Waals surface area contributed by atoms with Crippen molar-refractivity contribution in [3.63, 3.8) is 0 Å². The zero-order valence-electron chi connectivity index (χ0n) is 11.0. The summed E-state index contributed by atoms with van der Waals surface area (Å²) < 4.78 is 9.86. The van der Waals surface area contributed by atoms with Crippen molar-refractivity contribution in [1.29, 1.82) is 0 Å². The van der Waals surface area contributed by atoms with Crippen LogP contribution in [0.2, 0.25) is 0 Å². The Morgan fingerprint density at radius 2 is 1.72 bits per heavy atom. The van der Waals surface area contributed by atoms with Gasteiger partial charge in [-0.3, -0.25) is 9.59 Å². The van der Waals surface area contributed by atoms with Crippen LogP contribution in [0.1, 0.15) is 30.9 Å². The van der Waals surface area contributed by atoms with Crippen LogP contribution in [0.4, 0.5) is 0 Å². The molecule has 0 unspecified atom stereocenters. The van der Waals surface area contributed by atoms with Gasteiger partial charge in [-0.05, 0) is 44.0 Å². The van der Waals surface area contributed by atoms with Gasteiger partial charge in [-0.25, -0.2) is 0 Å².